The Labute approximate surface area is 85.6 Å². The molecule has 1 heterocycles. The van der Waals surface area contributed by atoms with E-state index in [0.717, 1.165) is 13.0 Å². The average Bonchev–Trinajstić information content (AvgIpc) is 2.20. The van der Waals surface area contributed by atoms with E-state index in [-0.39, 0.29) is 12.0 Å². The zero-order valence-electron chi connectivity index (χ0n) is 9.25. The highest BCUT2D eigenvalue weighted by atomic mass is 16.5. The van der Waals surface area contributed by atoms with Crippen molar-refractivity contribution in [1.29, 1.82) is 0 Å². The van der Waals surface area contributed by atoms with Crippen LogP contribution >= 0.6 is 0 Å². The van der Waals surface area contributed by atoms with Crippen LogP contribution in [0.5, 0.6) is 0 Å². The van der Waals surface area contributed by atoms with E-state index in [4.69, 9.17) is 4.74 Å². The standard InChI is InChI=1S/C10H20N2O2/c1-4-8(2)12-5-6-14-9(7-11-3)10(12)13/h8-9,11H,4-7H2,1-3H3. The van der Waals surface area contributed by atoms with Crippen LogP contribution in [-0.2, 0) is 9.53 Å². The van der Waals surface area contributed by atoms with Gasteiger partial charge in [-0.25, -0.2) is 0 Å². The van der Waals surface area contributed by atoms with Crippen molar-refractivity contribution in [1.82, 2.24) is 10.2 Å². The number of likely N-dealkylation sites (N-methyl/N-ethyl adjacent to an activating group) is 1. The third kappa shape index (κ3) is 2.45. The first-order valence-electron chi connectivity index (χ1n) is 5.27. The molecule has 1 rings (SSSR count). The minimum atomic E-state index is -0.289. The highest BCUT2D eigenvalue weighted by Gasteiger charge is 2.30. The second-order valence-corrected chi connectivity index (χ2v) is 3.71. The SMILES string of the molecule is CCC(C)N1CCOC(CNC)C1=O. The Bertz CT molecular complexity index is 195. The largest absolute Gasteiger partial charge is 0.365 e. The van der Waals surface area contributed by atoms with E-state index >= 15 is 0 Å². The van der Waals surface area contributed by atoms with Crippen molar-refractivity contribution in [2.24, 2.45) is 0 Å². The van der Waals surface area contributed by atoms with Gasteiger partial charge in [-0.2, -0.15) is 0 Å². The Kier molecular flexibility index (Phi) is 4.35. The van der Waals surface area contributed by atoms with E-state index in [1.54, 1.807) is 0 Å². The highest BCUT2D eigenvalue weighted by molar-refractivity contribution is 5.82. The predicted octanol–water partition coefficient (Wildman–Crippen LogP) is 0.232. The number of nitrogens with one attached hydrogen (secondary N) is 1. The lowest BCUT2D eigenvalue weighted by Gasteiger charge is -2.36. The molecule has 2 unspecified atom stereocenters. The van der Waals surface area contributed by atoms with Gasteiger partial charge in [-0.3, -0.25) is 4.79 Å². The van der Waals surface area contributed by atoms with Crippen molar-refractivity contribution in [3.63, 3.8) is 0 Å². The van der Waals surface area contributed by atoms with Gasteiger partial charge in [0.25, 0.3) is 5.91 Å². The van der Waals surface area contributed by atoms with Gasteiger partial charge in [0.15, 0.2) is 0 Å². The summed E-state index contributed by atoms with van der Waals surface area (Å²) in [6.07, 6.45) is 0.709. The lowest BCUT2D eigenvalue weighted by atomic mass is 10.1. The molecule has 14 heavy (non-hydrogen) atoms. The molecule has 1 amide bonds. The van der Waals surface area contributed by atoms with E-state index in [9.17, 15) is 4.79 Å². The fraction of sp³-hybridized carbons (Fsp3) is 0.900. The molecule has 0 aromatic rings. The molecule has 1 aliphatic heterocycles. The van der Waals surface area contributed by atoms with Crippen LogP contribution in [0.15, 0.2) is 0 Å². The molecule has 0 spiro atoms. The van der Waals surface area contributed by atoms with E-state index in [1.807, 2.05) is 11.9 Å². The maximum absolute atomic E-state index is 11.9. The Morgan fingerprint density at radius 1 is 1.71 bits per heavy atom. The predicted molar refractivity (Wildman–Crippen MR) is 55.1 cm³/mol. The molecule has 4 nitrogen and oxygen atoms in total. The van der Waals surface area contributed by atoms with Gasteiger partial charge in [-0.05, 0) is 20.4 Å². The molecule has 1 N–H and O–H groups in total. The van der Waals surface area contributed by atoms with Gasteiger partial charge >= 0.3 is 0 Å². The fourth-order valence-corrected chi connectivity index (χ4v) is 1.65. The summed E-state index contributed by atoms with van der Waals surface area (Å²) in [5, 5.41) is 2.97. The first-order valence-corrected chi connectivity index (χ1v) is 5.27. The molecule has 0 bridgehead atoms. The van der Waals surface area contributed by atoms with E-state index in [2.05, 4.69) is 19.2 Å². The van der Waals surface area contributed by atoms with E-state index < -0.39 is 0 Å². The third-order valence-corrected chi connectivity index (χ3v) is 2.72. The maximum atomic E-state index is 11.9. The van der Waals surface area contributed by atoms with Crippen LogP contribution in [0.25, 0.3) is 0 Å². The summed E-state index contributed by atoms with van der Waals surface area (Å²) in [6.45, 7) is 6.17. The number of carbonyl (C=O) groups excluding carboxylic acids is 1. The smallest absolute Gasteiger partial charge is 0.253 e. The van der Waals surface area contributed by atoms with Crippen molar-refractivity contribution in [3.05, 3.63) is 0 Å². The lowest BCUT2D eigenvalue weighted by molar-refractivity contribution is -0.155. The van der Waals surface area contributed by atoms with Crippen LogP contribution in [0.2, 0.25) is 0 Å². The Morgan fingerprint density at radius 3 is 3.00 bits per heavy atom. The van der Waals surface area contributed by atoms with Gasteiger partial charge < -0.3 is 15.0 Å². The molecular formula is C10H20N2O2. The van der Waals surface area contributed by atoms with Crippen molar-refractivity contribution in [2.75, 3.05) is 26.7 Å². The van der Waals surface area contributed by atoms with Gasteiger partial charge in [0.1, 0.15) is 6.10 Å². The van der Waals surface area contributed by atoms with Crippen molar-refractivity contribution in [3.8, 4) is 0 Å². The maximum Gasteiger partial charge on any atom is 0.253 e. The number of hydrogen-bond acceptors (Lipinski definition) is 3. The van der Waals surface area contributed by atoms with Crippen molar-refractivity contribution >= 4 is 5.91 Å². The summed E-state index contributed by atoms with van der Waals surface area (Å²) in [4.78, 5) is 13.8. The van der Waals surface area contributed by atoms with Crippen LogP contribution in [0, 0.1) is 0 Å². The number of nitrogens with zero attached hydrogens (tertiary/aromatic N) is 1. The molecule has 0 aromatic heterocycles. The summed E-state index contributed by atoms with van der Waals surface area (Å²) >= 11 is 0. The first kappa shape index (κ1) is 11.5. The van der Waals surface area contributed by atoms with Gasteiger partial charge in [-0.1, -0.05) is 6.92 Å². The summed E-state index contributed by atoms with van der Waals surface area (Å²) in [7, 11) is 1.83. The Morgan fingerprint density at radius 2 is 2.43 bits per heavy atom. The minimum absolute atomic E-state index is 0.125. The molecule has 0 aliphatic carbocycles. The van der Waals surface area contributed by atoms with Crippen LogP contribution in [-0.4, -0.2) is 49.7 Å². The van der Waals surface area contributed by atoms with E-state index in [0.29, 0.717) is 19.2 Å². The molecule has 0 radical (unpaired) electrons. The molecule has 1 aliphatic rings. The number of amides is 1. The van der Waals surface area contributed by atoms with Gasteiger partial charge in [0.05, 0.1) is 6.61 Å². The third-order valence-electron chi connectivity index (χ3n) is 2.72. The topological polar surface area (TPSA) is 41.6 Å². The lowest BCUT2D eigenvalue weighted by Crippen LogP contribution is -2.53. The zero-order valence-corrected chi connectivity index (χ0v) is 9.25. The van der Waals surface area contributed by atoms with Gasteiger partial charge in [0.2, 0.25) is 0 Å². The number of ether oxygens (including phenoxy) is 1. The van der Waals surface area contributed by atoms with Crippen LogP contribution < -0.4 is 5.32 Å². The quantitative estimate of drug-likeness (QED) is 0.706. The molecule has 4 heteroatoms. The normalized spacial score (nSPS) is 25.2. The number of morpholine rings is 1. The van der Waals surface area contributed by atoms with E-state index in [1.165, 1.54) is 0 Å². The van der Waals surface area contributed by atoms with Gasteiger partial charge in [0, 0.05) is 19.1 Å². The van der Waals surface area contributed by atoms with Crippen LogP contribution in [0.1, 0.15) is 20.3 Å². The molecule has 1 saturated heterocycles. The molecule has 1 fully saturated rings. The zero-order chi connectivity index (χ0) is 10.6. The summed E-state index contributed by atoms with van der Waals surface area (Å²) in [6, 6.07) is 0.325. The number of hydrogen-bond donors (Lipinski definition) is 1. The molecule has 82 valence electrons. The molecule has 0 aromatic carbocycles. The van der Waals surface area contributed by atoms with Crippen molar-refractivity contribution < 1.29 is 9.53 Å². The summed E-state index contributed by atoms with van der Waals surface area (Å²) in [5.41, 5.74) is 0. The molecular weight excluding hydrogens is 180 g/mol. The molecule has 2 atom stereocenters. The number of rotatable bonds is 4. The number of carbonyl (C=O) groups is 1. The highest BCUT2D eigenvalue weighted by Crippen LogP contribution is 2.12. The monoisotopic (exact) mass is 200 g/mol. The minimum Gasteiger partial charge on any atom is -0.365 e. The Balaban J connectivity index is 2.56. The second kappa shape index (κ2) is 5.32. The van der Waals surface area contributed by atoms with Crippen molar-refractivity contribution in [2.45, 2.75) is 32.4 Å². The van der Waals surface area contributed by atoms with Crippen LogP contribution in [0.4, 0.5) is 0 Å². The average molecular weight is 200 g/mol. The first-order chi connectivity index (χ1) is 6.70. The Hall–Kier alpha value is -0.610. The van der Waals surface area contributed by atoms with Gasteiger partial charge in [-0.15, -0.1) is 0 Å². The second-order valence-electron chi connectivity index (χ2n) is 3.71. The summed E-state index contributed by atoms with van der Waals surface area (Å²) in [5.74, 6) is 0.125. The van der Waals surface area contributed by atoms with Crippen LogP contribution in [0.3, 0.4) is 0 Å². The molecule has 0 saturated carbocycles. The summed E-state index contributed by atoms with van der Waals surface area (Å²) < 4.78 is 5.40. The fourth-order valence-electron chi connectivity index (χ4n) is 1.65.